The molecule has 0 amide bonds. The number of nitrogens with zero attached hydrogens (tertiary/aromatic N) is 4. The highest BCUT2D eigenvalue weighted by molar-refractivity contribution is 8.13. The van der Waals surface area contributed by atoms with Crippen molar-refractivity contribution < 1.29 is 42.1 Å². The van der Waals surface area contributed by atoms with E-state index in [0.29, 0.717) is 32.6 Å². The number of aliphatic hydroxyl groups excluding tert-OH is 1. The van der Waals surface area contributed by atoms with Crippen LogP contribution in [0.25, 0.3) is 0 Å². The van der Waals surface area contributed by atoms with Crippen molar-refractivity contribution in [1.82, 2.24) is 25.1 Å². The van der Waals surface area contributed by atoms with E-state index in [4.69, 9.17) is 47.9 Å². The van der Waals surface area contributed by atoms with Crippen LogP contribution < -0.4 is 30.0 Å². The third kappa shape index (κ3) is 15.0. The summed E-state index contributed by atoms with van der Waals surface area (Å²) >= 11 is 15.7. The number of Topliss-reactive ketones (excluding diaryl/α,β-unsaturated/α-hetero) is 2. The maximum atomic E-state index is 13.4. The van der Waals surface area contributed by atoms with Crippen LogP contribution in [0.4, 0.5) is 0 Å². The summed E-state index contributed by atoms with van der Waals surface area (Å²) in [5.74, 6) is 3.23. The van der Waals surface area contributed by atoms with Gasteiger partial charge in [-0.25, -0.2) is 18.4 Å². The zero-order chi connectivity index (χ0) is 53.2. The average Bonchev–Trinajstić information content (AvgIpc) is 4.02. The van der Waals surface area contributed by atoms with Gasteiger partial charge >= 0.3 is 0 Å². The summed E-state index contributed by atoms with van der Waals surface area (Å²) in [6, 6.07) is 26.6. The van der Waals surface area contributed by atoms with Crippen LogP contribution >= 0.6 is 56.6 Å². The molecule has 2 atom stereocenters. The zero-order valence-corrected chi connectivity index (χ0v) is 46.5. The molecule has 2 aliphatic carbocycles. The van der Waals surface area contributed by atoms with Crippen LogP contribution in [0.3, 0.4) is 0 Å². The van der Waals surface area contributed by atoms with Crippen molar-refractivity contribution in [2.45, 2.75) is 61.5 Å². The average molecular weight is 1130 g/mol. The standard InChI is InChI=1S/C26H28ClN3O3S.C22H18ClNO4S.C4H12N2.CH3ClO2S/c1-30(2)12-11-28-25(18-5-3-4-6-19(18)27)22-15-29-24(34-22)14-23(31)26(9-10-26)17-7-8-20-21(13-17)33-16-32-20;23-15-4-2-1-3-14(15)21(26)18-11-24-20(29-18)10-19(25)22(7-8-22)13-5-6-16-17(9-13)28-12-27-16;1-6(2)4-3-5;1-5(2,3)4/h3-8,13,15,25,28H,9-12,14,16H2,1-2H3;1-6,9,11,21,26H,7-8,10,12H2;3-5H2,1-2H3;1H3. The van der Waals surface area contributed by atoms with Gasteiger partial charge in [0.15, 0.2) is 23.0 Å². The Kier molecular flexibility index (Phi) is 19.6. The quantitative estimate of drug-likeness (QED) is 0.0691. The minimum atomic E-state index is -3.19. The molecule has 21 heteroatoms. The number of nitrogens with two attached hydrogens (primary N) is 1. The molecule has 4 aliphatic rings. The second kappa shape index (κ2) is 25.4. The number of halogens is 3. The number of carbonyl (C=O) groups is 2. The molecule has 2 fully saturated rings. The van der Waals surface area contributed by atoms with Crippen molar-refractivity contribution in [3.05, 3.63) is 149 Å². The van der Waals surface area contributed by atoms with Crippen molar-refractivity contribution in [3.63, 3.8) is 0 Å². The van der Waals surface area contributed by atoms with E-state index >= 15 is 0 Å². The fourth-order valence-corrected chi connectivity index (χ4v) is 10.8. The van der Waals surface area contributed by atoms with Gasteiger partial charge in [0.1, 0.15) is 27.7 Å². The molecule has 10 rings (SSSR count). The summed E-state index contributed by atoms with van der Waals surface area (Å²) < 4.78 is 40.6. The van der Waals surface area contributed by atoms with Crippen molar-refractivity contribution in [1.29, 1.82) is 0 Å². The molecular formula is C53H61Cl3N6O9S3. The Bertz CT molecular complexity index is 2990. The van der Waals surface area contributed by atoms with Crippen molar-refractivity contribution in [3.8, 4) is 23.0 Å². The smallest absolute Gasteiger partial charge is 0.231 e. The van der Waals surface area contributed by atoms with Gasteiger partial charge in [-0.2, -0.15) is 0 Å². The van der Waals surface area contributed by atoms with Gasteiger partial charge in [0, 0.05) is 69.7 Å². The van der Waals surface area contributed by atoms with Gasteiger partial charge < -0.3 is 44.9 Å². The highest BCUT2D eigenvalue weighted by atomic mass is 35.7. The summed E-state index contributed by atoms with van der Waals surface area (Å²) in [6.07, 6.45) is 7.52. The summed E-state index contributed by atoms with van der Waals surface area (Å²) in [7, 11) is 9.43. The van der Waals surface area contributed by atoms with Crippen LogP contribution in [-0.2, 0) is 42.3 Å². The molecule has 0 bridgehead atoms. The fourth-order valence-electron chi connectivity index (χ4n) is 8.39. The summed E-state index contributed by atoms with van der Waals surface area (Å²) in [4.78, 5) is 41.4. The number of rotatable bonds is 18. The number of nitrogens with one attached hydrogen (secondary N) is 1. The van der Waals surface area contributed by atoms with Gasteiger partial charge in [-0.1, -0.05) is 71.7 Å². The second-order valence-electron chi connectivity index (χ2n) is 18.7. The largest absolute Gasteiger partial charge is 0.454 e. The Balaban J connectivity index is 0.000000181. The lowest BCUT2D eigenvalue weighted by atomic mass is 9.89. The molecule has 4 heterocycles. The number of hydrogen-bond donors (Lipinski definition) is 3. The van der Waals surface area contributed by atoms with Gasteiger partial charge in [-0.05, 0) is 107 Å². The lowest BCUT2D eigenvalue weighted by molar-refractivity contribution is -0.121. The molecule has 15 nitrogen and oxygen atoms in total. The molecule has 0 saturated heterocycles. The molecule has 0 spiro atoms. The van der Waals surface area contributed by atoms with Crippen LogP contribution in [0.15, 0.2) is 97.3 Å². The van der Waals surface area contributed by atoms with E-state index in [1.807, 2.05) is 93.1 Å². The molecule has 74 heavy (non-hydrogen) atoms. The third-order valence-corrected chi connectivity index (χ3v) is 15.4. The first-order chi connectivity index (χ1) is 35.3. The third-order valence-electron chi connectivity index (χ3n) is 12.6. The summed E-state index contributed by atoms with van der Waals surface area (Å²) in [5, 5.41) is 17.0. The topological polar surface area (TPSA) is 196 Å². The molecule has 2 aromatic heterocycles. The van der Waals surface area contributed by atoms with Crippen LogP contribution in [0.5, 0.6) is 23.0 Å². The first-order valence-corrected chi connectivity index (χ1v) is 29.0. The maximum Gasteiger partial charge on any atom is 0.231 e. The minimum absolute atomic E-state index is 0.0706. The predicted molar refractivity (Wildman–Crippen MR) is 292 cm³/mol. The van der Waals surface area contributed by atoms with Crippen LogP contribution in [0, 0.1) is 0 Å². The van der Waals surface area contributed by atoms with Gasteiger partial charge in [0.25, 0.3) is 0 Å². The molecule has 2 aliphatic heterocycles. The first kappa shape index (κ1) is 57.0. The SMILES string of the molecule is CN(C)CCN.CN(C)CCNC(c1cnc(CC(=O)C2(c3ccc4c(c3)OCO4)CC2)s1)c1ccccc1Cl.CS(=O)(=O)Cl.O=C(Cc1ncc(C(O)c2ccccc2Cl)s1)C1(c2ccc3c(c2)OCO3)CC1. The second-order valence-corrected chi connectivity index (χ2v) is 24.9. The van der Waals surface area contributed by atoms with E-state index in [-0.39, 0.29) is 37.6 Å². The lowest BCUT2D eigenvalue weighted by Crippen LogP contribution is -2.30. The van der Waals surface area contributed by atoms with Gasteiger partial charge in [0.05, 0.1) is 40.8 Å². The van der Waals surface area contributed by atoms with Crippen molar-refractivity contribution in [2.75, 3.05) is 74.2 Å². The fraction of sp³-hybridized carbons (Fsp3) is 0.396. The zero-order valence-electron chi connectivity index (χ0n) is 41.8. The van der Waals surface area contributed by atoms with E-state index < -0.39 is 26.0 Å². The number of hydrogen-bond acceptors (Lipinski definition) is 17. The number of fused-ring (bicyclic) bond motifs is 2. The molecule has 396 valence electrons. The molecular weight excluding hydrogens is 1070 g/mol. The number of ketones is 2. The summed E-state index contributed by atoms with van der Waals surface area (Å²) in [5.41, 5.74) is 7.93. The van der Waals surface area contributed by atoms with Gasteiger partial charge in [-0.3, -0.25) is 9.59 Å². The Labute approximate surface area is 455 Å². The number of likely N-dealkylation sites (N-methyl/N-ethyl adjacent to an activating group) is 2. The van der Waals surface area contributed by atoms with E-state index in [1.54, 1.807) is 29.7 Å². The Morgan fingerprint density at radius 3 is 1.57 bits per heavy atom. The van der Waals surface area contributed by atoms with E-state index in [0.717, 1.165) is 107 Å². The van der Waals surface area contributed by atoms with Crippen LogP contribution in [-0.4, -0.2) is 119 Å². The number of benzene rings is 4. The maximum absolute atomic E-state index is 13.4. The Morgan fingerprint density at radius 2 is 1.14 bits per heavy atom. The molecule has 6 aromatic rings. The number of thiazole rings is 2. The lowest BCUT2D eigenvalue weighted by Gasteiger charge is -2.20. The van der Waals surface area contributed by atoms with E-state index in [1.165, 1.54) is 11.3 Å². The van der Waals surface area contributed by atoms with Gasteiger partial charge in [-0.15, -0.1) is 22.7 Å². The molecule has 2 unspecified atom stereocenters. The monoisotopic (exact) mass is 1130 g/mol. The molecule has 2 saturated carbocycles. The molecule has 4 N–H and O–H groups in total. The van der Waals surface area contributed by atoms with Crippen LogP contribution in [0.1, 0.15) is 79.9 Å². The van der Waals surface area contributed by atoms with E-state index in [9.17, 15) is 23.1 Å². The molecule has 0 radical (unpaired) electrons. The number of aromatic nitrogens is 2. The normalized spacial score (nSPS) is 15.9. The minimum Gasteiger partial charge on any atom is -0.454 e. The van der Waals surface area contributed by atoms with Crippen molar-refractivity contribution >= 4 is 77.2 Å². The van der Waals surface area contributed by atoms with Gasteiger partial charge in [0.2, 0.25) is 22.6 Å². The predicted octanol–water partition coefficient (Wildman–Crippen LogP) is 8.75. The Morgan fingerprint density at radius 1 is 0.703 bits per heavy atom. The molecule has 4 aromatic carbocycles. The van der Waals surface area contributed by atoms with E-state index in [2.05, 4.69) is 49.9 Å². The number of aliphatic hydroxyl groups is 1. The highest BCUT2D eigenvalue weighted by Gasteiger charge is 2.52. The van der Waals surface area contributed by atoms with Crippen molar-refractivity contribution in [2.24, 2.45) is 5.73 Å². The number of carbonyl (C=O) groups excluding carboxylic acids is 2. The highest BCUT2D eigenvalue weighted by Crippen LogP contribution is 2.53. The summed E-state index contributed by atoms with van der Waals surface area (Å²) in [6.45, 7) is 3.91. The number of ether oxygens (including phenoxy) is 4. The Hall–Kier alpha value is -4.70. The van der Waals surface area contributed by atoms with Crippen LogP contribution in [0.2, 0.25) is 10.0 Å². The first-order valence-electron chi connectivity index (χ1n) is 23.9.